The van der Waals surface area contributed by atoms with E-state index in [1.54, 1.807) is 0 Å². The summed E-state index contributed by atoms with van der Waals surface area (Å²) in [6.45, 7) is 0. The van der Waals surface area contributed by atoms with Crippen LogP contribution in [0.4, 0.5) is 0 Å². The Kier molecular flexibility index (Phi) is 7.21. The van der Waals surface area contributed by atoms with E-state index in [0.717, 1.165) is 51.9 Å². The molecule has 1 aliphatic rings. The molecule has 232 valence electrons. The number of allylic oxidation sites excluding steroid dienone is 1. The quantitative estimate of drug-likeness (QED) is 0.184. The van der Waals surface area contributed by atoms with E-state index in [4.69, 9.17) is 15.0 Å². The lowest BCUT2D eigenvalue weighted by Gasteiger charge is -2.16. The average Bonchev–Trinajstić information content (AvgIpc) is 3.53. The van der Waals surface area contributed by atoms with Gasteiger partial charge in [0.1, 0.15) is 0 Å². The second-order valence-electron chi connectivity index (χ2n) is 12.3. The average molecular weight is 630 g/mol. The minimum atomic E-state index is 0.619. The Bertz CT molecular complexity index is 2460. The van der Waals surface area contributed by atoms with E-state index in [0.29, 0.717) is 17.5 Å². The topological polar surface area (TPSA) is 56.5 Å². The molecule has 0 unspecified atom stereocenters. The van der Waals surface area contributed by atoms with Gasteiger partial charge in [0.05, 0.1) is 5.52 Å². The van der Waals surface area contributed by atoms with Crippen LogP contribution in [0.5, 0.6) is 0 Å². The molecule has 9 rings (SSSR count). The van der Waals surface area contributed by atoms with E-state index in [-0.39, 0.29) is 0 Å². The maximum atomic E-state index is 5.15. The maximum Gasteiger partial charge on any atom is 0.164 e. The Morgan fingerprint density at radius 1 is 0.490 bits per heavy atom. The van der Waals surface area contributed by atoms with Crippen molar-refractivity contribution in [2.45, 2.75) is 12.8 Å². The van der Waals surface area contributed by atoms with E-state index in [1.165, 1.54) is 27.7 Å². The highest BCUT2D eigenvalue weighted by Crippen LogP contribution is 2.37. The summed E-state index contributed by atoms with van der Waals surface area (Å²) < 4.78 is 2.42. The Balaban J connectivity index is 1.26. The highest BCUT2D eigenvalue weighted by atomic mass is 15.0. The number of benzene rings is 5. The van der Waals surface area contributed by atoms with Gasteiger partial charge in [-0.3, -0.25) is 4.98 Å². The fourth-order valence-corrected chi connectivity index (χ4v) is 6.83. The first kappa shape index (κ1) is 28.7. The molecule has 49 heavy (non-hydrogen) atoms. The number of pyridine rings is 1. The van der Waals surface area contributed by atoms with Crippen LogP contribution in [0.1, 0.15) is 17.7 Å². The van der Waals surface area contributed by atoms with Crippen LogP contribution in [-0.2, 0) is 6.42 Å². The van der Waals surface area contributed by atoms with Crippen molar-refractivity contribution in [1.29, 1.82) is 0 Å². The third-order valence-corrected chi connectivity index (χ3v) is 9.19. The van der Waals surface area contributed by atoms with Crippen LogP contribution < -0.4 is 0 Å². The zero-order valence-electron chi connectivity index (χ0n) is 26.7. The summed E-state index contributed by atoms with van der Waals surface area (Å²) in [5, 5.41) is 1.26. The van der Waals surface area contributed by atoms with Crippen molar-refractivity contribution < 1.29 is 0 Å². The highest BCUT2D eigenvalue weighted by molar-refractivity contribution is 5.94. The largest absolute Gasteiger partial charge is 0.313 e. The molecule has 0 fully saturated rings. The second-order valence-corrected chi connectivity index (χ2v) is 12.3. The summed E-state index contributed by atoms with van der Waals surface area (Å²) in [5.41, 5.74) is 12.1. The van der Waals surface area contributed by atoms with Crippen molar-refractivity contribution in [1.82, 2.24) is 24.5 Å². The van der Waals surface area contributed by atoms with Crippen molar-refractivity contribution in [3.8, 4) is 62.1 Å². The first-order valence-electron chi connectivity index (χ1n) is 16.6. The third-order valence-electron chi connectivity index (χ3n) is 9.19. The number of para-hydroxylation sites is 1. The molecule has 0 saturated carbocycles. The van der Waals surface area contributed by atoms with Crippen molar-refractivity contribution in [3.63, 3.8) is 0 Å². The summed E-state index contributed by atoms with van der Waals surface area (Å²) in [6, 6.07) is 48.4. The van der Waals surface area contributed by atoms with E-state index in [1.807, 2.05) is 54.9 Å². The molecule has 5 heteroatoms. The molecule has 0 radical (unpaired) electrons. The molecule has 0 amide bonds. The molecular formula is C44H31N5. The van der Waals surface area contributed by atoms with Crippen molar-refractivity contribution in [3.05, 3.63) is 169 Å². The van der Waals surface area contributed by atoms with Gasteiger partial charge in [0.15, 0.2) is 17.5 Å². The summed E-state index contributed by atoms with van der Waals surface area (Å²) in [6.07, 6.45) is 10.3. The summed E-state index contributed by atoms with van der Waals surface area (Å²) in [4.78, 5) is 19.7. The smallest absolute Gasteiger partial charge is 0.164 e. The monoisotopic (exact) mass is 629 g/mol. The predicted octanol–water partition coefficient (Wildman–Crippen LogP) is 10.5. The van der Waals surface area contributed by atoms with Gasteiger partial charge in [0, 0.05) is 57.0 Å². The van der Waals surface area contributed by atoms with Gasteiger partial charge in [-0.2, -0.15) is 0 Å². The van der Waals surface area contributed by atoms with Crippen LogP contribution in [0, 0.1) is 0 Å². The fraction of sp³-hybridized carbons (Fsp3) is 0.0455. The second kappa shape index (κ2) is 12.3. The van der Waals surface area contributed by atoms with Gasteiger partial charge in [0.2, 0.25) is 0 Å². The van der Waals surface area contributed by atoms with Gasteiger partial charge in [-0.05, 0) is 59.9 Å². The molecule has 0 spiro atoms. The number of nitrogens with zero attached hydrogens (tertiary/aromatic N) is 5. The molecule has 0 atom stereocenters. The molecule has 5 nitrogen and oxygen atoms in total. The zero-order chi connectivity index (χ0) is 32.6. The first-order chi connectivity index (χ1) is 24.3. The number of hydrogen-bond donors (Lipinski definition) is 0. The van der Waals surface area contributed by atoms with Crippen LogP contribution in [0.3, 0.4) is 0 Å². The summed E-state index contributed by atoms with van der Waals surface area (Å²) in [5.74, 6) is 1.88. The molecular weight excluding hydrogens is 599 g/mol. The Labute approximate surface area is 285 Å². The lowest BCUT2D eigenvalue weighted by molar-refractivity contribution is 0.888. The Morgan fingerprint density at radius 2 is 1.08 bits per heavy atom. The lowest BCUT2D eigenvalue weighted by atomic mass is 10.0. The minimum absolute atomic E-state index is 0.619. The predicted molar refractivity (Wildman–Crippen MR) is 199 cm³/mol. The van der Waals surface area contributed by atoms with E-state index < -0.39 is 0 Å². The third kappa shape index (κ3) is 5.41. The van der Waals surface area contributed by atoms with Crippen molar-refractivity contribution in [2.75, 3.05) is 0 Å². The number of rotatable bonds is 6. The molecule has 1 aliphatic carbocycles. The molecule has 0 bridgehead atoms. The Morgan fingerprint density at radius 3 is 1.82 bits per heavy atom. The van der Waals surface area contributed by atoms with Crippen LogP contribution >= 0.6 is 0 Å². The van der Waals surface area contributed by atoms with Gasteiger partial charge in [-0.15, -0.1) is 0 Å². The van der Waals surface area contributed by atoms with E-state index in [9.17, 15) is 0 Å². The number of aromatic nitrogens is 5. The first-order valence-corrected chi connectivity index (χ1v) is 16.6. The zero-order valence-corrected chi connectivity index (χ0v) is 26.7. The number of fused-ring (bicyclic) bond motifs is 3. The van der Waals surface area contributed by atoms with E-state index >= 15 is 0 Å². The Hall–Kier alpha value is -6.46. The summed E-state index contributed by atoms with van der Waals surface area (Å²) in [7, 11) is 0. The van der Waals surface area contributed by atoms with Crippen LogP contribution in [0.25, 0.3) is 79.1 Å². The summed E-state index contributed by atoms with van der Waals surface area (Å²) >= 11 is 0. The molecule has 0 N–H and O–H groups in total. The number of hydrogen-bond acceptors (Lipinski definition) is 4. The van der Waals surface area contributed by atoms with Crippen molar-refractivity contribution in [2.24, 2.45) is 0 Å². The maximum absolute atomic E-state index is 5.15. The van der Waals surface area contributed by atoms with Gasteiger partial charge in [0.25, 0.3) is 0 Å². The van der Waals surface area contributed by atoms with Gasteiger partial charge in [-0.1, -0.05) is 121 Å². The molecule has 0 saturated heterocycles. The minimum Gasteiger partial charge on any atom is -0.313 e. The molecule has 5 aromatic carbocycles. The SMILES string of the molecule is C1=Cc2c(n(-c3cc(-c4cccnc4)cc(-c4nc(-c5ccccc5)nc(-c5ccc(-c6ccccc6)cc5)n4)c3)c3ccccc23)CC1. The van der Waals surface area contributed by atoms with E-state index in [2.05, 4.69) is 119 Å². The normalized spacial score (nSPS) is 12.2. The fourth-order valence-electron chi connectivity index (χ4n) is 6.83. The lowest BCUT2D eigenvalue weighted by Crippen LogP contribution is -2.05. The standard InChI is InChI=1S/C44H31N5/c1-3-12-30(13-4-1)31-21-23-33(24-22-31)43-46-42(32-14-5-2-6-15-32)47-44(48-43)36-26-35(34-16-11-25-45-29-34)27-37(28-36)49-40-19-9-7-17-38(40)39-18-8-10-20-41(39)49/h1-9,11-19,21-29H,10,20H2. The molecule has 8 aromatic rings. The van der Waals surface area contributed by atoms with Crippen LogP contribution in [-0.4, -0.2) is 24.5 Å². The molecule has 3 heterocycles. The van der Waals surface area contributed by atoms with Crippen LogP contribution in [0.2, 0.25) is 0 Å². The van der Waals surface area contributed by atoms with Crippen molar-refractivity contribution >= 4 is 17.0 Å². The van der Waals surface area contributed by atoms with Crippen LogP contribution in [0.15, 0.2) is 158 Å². The molecule has 0 aliphatic heterocycles. The van der Waals surface area contributed by atoms with Gasteiger partial charge in [-0.25, -0.2) is 15.0 Å². The molecule has 3 aromatic heterocycles. The highest BCUT2D eigenvalue weighted by Gasteiger charge is 2.20. The van der Waals surface area contributed by atoms with Gasteiger partial charge < -0.3 is 4.57 Å². The van der Waals surface area contributed by atoms with Gasteiger partial charge >= 0.3 is 0 Å².